The minimum Gasteiger partial charge on any atom is -0.497 e. The quantitative estimate of drug-likeness (QED) is 0.797. The van der Waals surface area contributed by atoms with Gasteiger partial charge in [0.05, 0.1) is 18.7 Å². The van der Waals surface area contributed by atoms with Crippen LogP contribution in [0.25, 0.3) is 11.0 Å². The molecule has 0 radical (unpaired) electrons. The fourth-order valence-corrected chi connectivity index (χ4v) is 3.48. The van der Waals surface area contributed by atoms with Crippen LogP contribution >= 0.6 is 0 Å². The number of nitrogens with one attached hydrogen (secondary N) is 1. The molecule has 6 heteroatoms. The standard InChI is InChI=1S/C19H20N4O2/c1-12-16-10-14(11-20-18(16)22-21-12)19(24)23-9-3-4-17(23)13-5-7-15(25-2)8-6-13/h5-8,10-11,17H,3-4,9H2,1-2H3,(H,20,21,22)/t17-/m1/s1. The van der Waals surface area contributed by atoms with Crippen LogP contribution in [0, 0.1) is 6.92 Å². The van der Waals surface area contributed by atoms with Crippen molar-refractivity contribution in [2.75, 3.05) is 13.7 Å². The molecular weight excluding hydrogens is 316 g/mol. The van der Waals surface area contributed by atoms with E-state index in [0.717, 1.165) is 41.8 Å². The van der Waals surface area contributed by atoms with Crippen LogP contribution in [0.3, 0.4) is 0 Å². The molecule has 0 spiro atoms. The number of likely N-dealkylation sites (tertiary alicyclic amines) is 1. The Bertz CT molecular complexity index is 917. The molecule has 3 aromatic rings. The third-order valence-corrected chi connectivity index (χ3v) is 4.86. The van der Waals surface area contributed by atoms with Crippen molar-refractivity contribution in [1.82, 2.24) is 20.1 Å². The fourth-order valence-electron chi connectivity index (χ4n) is 3.48. The largest absolute Gasteiger partial charge is 0.497 e. The molecule has 1 fully saturated rings. The Morgan fingerprint density at radius 3 is 2.88 bits per heavy atom. The summed E-state index contributed by atoms with van der Waals surface area (Å²) in [6.07, 6.45) is 3.59. The Balaban J connectivity index is 1.63. The van der Waals surface area contributed by atoms with E-state index in [2.05, 4.69) is 15.2 Å². The Morgan fingerprint density at radius 1 is 1.32 bits per heavy atom. The van der Waals surface area contributed by atoms with Gasteiger partial charge in [-0.1, -0.05) is 12.1 Å². The zero-order valence-corrected chi connectivity index (χ0v) is 14.3. The number of methoxy groups -OCH3 is 1. The van der Waals surface area contributed by atoms with Gasteiger partial charge in [-0.15, -0.1) is 0 Å². The second-order valence-electron chi connectivity index (χ2n) is 6.37. The topological polar surface area (TPSA) is 71.1 Å². The fraction of sp³-hybridized carbons (Fsp3) is 0.316. The molecule has 1 saturated heterocycles. The number of carbonyl (C=O) groups excluding carboxylic acids is 1. The van der Waals surface area contributed by atoms with E-state index in [1.807, 2.05) is 42.2 Å². The Hall–Kier alpha value is -2.89. The van der Waals surface area contributed by atoms with Crippen LogP contribution in [0.15, 0.2) is 36.5 Å². The van der Waals surface area contributed by atoms with Gasteiger partial charge in [0.15, 0.2) is 5.65 Å². The molecule has 1 aromatic carbocycles. The smallest absolute Gasteiger partial charge is 0.255 e. The van der Waals surface area contributed by atoms with Gasteiger partial charge in [0.1, 0.15) is 5.75 Å². The predicted octanol–water partition coefficient (Wildman–Crippen LogP) is 3.25. The highest BCUT2D eigenvalue weighted by atomic mass is 16.5. The van der Waals surface area contributed by atoms with Gasteiger partial charge >= 0.3 is 0 Å². The van der Waals surface area contributed by atoms with Gasteiger partial charge in [-0.05, 0) is 43.5 Å². The summed E-state index contributed by atoms with van der Waals surface area (Å²) in [6.45, 7) is 2.69. The monoisotopic (exact) mass is 336 g/mol. The zero-order valence-electron chi connectivity index (χ0n) is 14.3. The van der Waals surface area contributed by atoms with Gasteiger partial charge in [0.25, 0.3) is 5.91 Å². The number of fused-ring (bicyclic) bond motifs is 1. The van der Waals surface area contributed by atoms with Crippen molar-refractivity contribution < 1.29 is 9.53 Å². The van der Waals surface area contributed by atoms with Crippen molar-refractivity contribution in [3.8, 4) is 5.75 Å². The Labute approximate surface area is 145 Å². The van der Waals surface area contributed by atoms with Crippen LogP contribution in [0.1, 0.15) is 40.5 Å². The molecule has 3 heterocycles. The number of nitrogens with zero attached hydrogens (tertiary/aromatic N) is 3. The second kappa shape index (κ2) is 6.20. The number of rotatable bonds is 3. The van der Waals surface area contributed by atoms with E-state index < -0.39 is 0 Å². The molecule has 0 saturated carbocycles. The van der Waals surface area contributed by atoms with Crippen LogP contribution in [0.2, 0.25) is 0 Å². The van der Waals surface area contributed by atoms with Crippen molar-refractivity contribution in [2.45, 2.75) is 25.8 Å². The van der Waals surface area contributed by atoms with Gasteiger partial charge < -0.3 is 9.64 Å². The highest BCUT2D eigenvalue weighted by Gasteiger charge is 2.31. The van der Waals surface area contributed by atoms with E-state index in [1.54, 1.807) is 13.3 Å². The van der Waals surface area contributed by atoms with E-state index >= 15 is 0 Å². The number of benzene rings is 1. The normalized spacial score (nSPS) is 17.2. The molecule has 6 nitrogen and oxygen atoms in total. The van der Waals surface area contributed by atoms with Gasteiger partial charge in [-0.25, -0.2) is 4.98 Å². The summed E-state index contributed by atoms with van der Waals surface area (Å²) in [4.78, 5) is 19.3. The third kappa shape index (κ3) is 2.73. The lowest BCUT2D eigenvalue weighted by Crippen LogP contribution is -2.30. The lowest BCUT2D eigenvalue weighted by molar-refractivity contribution is 0.0735. The van der Waals surface area contributed by atoms with E-state index in [4.69, 9.17) is 4.74 Å². The van der Waals surface area contributed by atoms with Crippen molar-refractivity contribution in [3.05, 3.63) is 53.3 Å². The van der Waals surface area contributed by atoms with E-state index in [0.29, 0.717) is 11.2 Å². The number of aromatic amines is 1. The maximum Gasteiger partial charge on any atom is 0.255 e. The predicted molar refractivity (Wildman–Crippen MR) is 94.6 cm³/mol. The molecule has 1 atom stereocenters. The van der Waals surface area contributed by atoms with Gasteiger partial charge in [-0.3, -0.25) is 9.89 Å². The average Bonchev–Trinajstić information content (AvgIpc) is 3.28. The van der Waals surface area contributed by atoms with Crippen LogP contribution in [-0.2, 0) is 0 Å². The van der Waals surface area contributed by atoms with Crippen LogP contribution in [0.4, 0.5) is 0 Å². The van der Waals surface area contributed by atoms with Crippen molar-refractivity contribution in [3.63, 3.8) is 0 Å². The summed E-state index contributed by atoms with van der Waals surface area (Å²) in [7, 11) is 1.65. The highest BCUT2D eigenvalue weighted by Crippen LogP contribution is 2.34. The van der Waals surface area contributed by atoms with Gasteiger partial charge in [-0.2, -0.15) is 5.10 Å². The molecule has 1 aliphatic rings. The third-order valence-electron chi connectivity index (χ3n) is 4.86. The number of hydrogen-bond acceptors (Lipinski definition) is 4. The van der Waals surface area contributed by atoms with Crippen LogP contribution in [-0.4, -0.2) is 39.6 Å². The Kier molecular flexibility index (Phi) is 3.87. The number of H-pyrrole nitrogens is 1. The summed E-state index contributed by atoms with van der Waals surface area (Å²) in [5.74, 6) is 0.845. The lowest BCUT2D eigenvalue weighted by atomic mass is 10.0. The maximum absolute atomic E-state index is 13.1. The lowest BCUT2D eigenvalue weighted by Gasteiger charge is -2.25. The molecular formula is C19H20N4O2. The van der Waals surface area contributed by atoms with Crippen molar-refractivity contribution in [2.24, 2.45) is 0 Å². The first-order valence-electron chi connectivity index (χ1n) is 8.43. The molecule has 1 aliphatic heterocycles. The number of aryl methyl sites for hydroxylation is 1. The zero-order chi connectivity index (χ0) is 17.4. The molecule has 0 unspecified atom stereocenters. The van der Waals surface area contributed by atoms with Crippen LogP contribution < -0.4 is 4.74 Å². The van der Waals surface area contributed by atoms with E-state index in [-0.39, 0.29) is 11.9 Å². The van der Waals surface area contributed by atoms with Crippen LogP contribution in [0.5, 0.6) is 5.75 Å². The number of aromatic nitrogens is 3. The summed E-state index contributed by atoms with van der Waals surface area (Å²) in [5, 5.41) is 7.93. The first-order valence-corrected chi connectivity index (χ1v) is 8.43. The molecule has 1 N–H and O–H groups in total. The number of amides is 1. The van der Waals surface area contributed by atoms with Crippen molar-refractivity contribution in [1.29, 1.82) is 0 Å². The minimum absolute atomic E-state index is 0.0216. The first-order chi connectivity index (χ1) is 12.2. The number of ether oxygens (including phenoxy) is 1. The number of carbonyl (C=O) groups is 1. The minimum atomic E-state index is 0.0216. The SMILES string of the molecule is COc1ccc([C@H]2CCCN2C(=O)c2cnc3n[nH]c(C)c3c2)cc1. The molecule has 0 aliphatic carbocycles. The summed E-state index contributed by atoms with van der Waals surface area (Å²) in [5.41, 5.74) is 3.31. The molecule has 4 rings (SSSR count). The maximum atomic E-state index is 13.1. The number of pyridine rings is 1. The molecule has 1 amide bonds. The average molecular weight is 336 g/mol. The summed E-state index contributed by atoms with van der Waals surface area (Å²) >= 11 is 0. The first kappa shape index (κ1) is 15.6. The second-order valence-corrected chi connectivity index (χ2v) is 6.37. The molecule has 128 valence electrons. The molecule has 25 heavy (non-hydrogen) atoms. The van der Waals surface area contributed by atoms with E-state index in [9.17, 15) is 4.79 Å². The highest BCUT2D eigenvalue weighted by molar-refractivity contribution is 5.97. The molecule has 2 aromatic heterocycles. The van der Waals surface area contributed by atoms with Gasteiger partial charge in [0.2, 0.25) is 0 Å². The van der Waals surface area contributed by atoms with Crippen molar-refractivity contribution >= 4 is 16.9 Å². The summed E-state index contributed by atoms with van der Waals surface area (Å²) in [6, 6.07) is 9.94. The summed E-state index contributed by atoms with van der Waals surface area (Å²) < 4.78 is 5.22. The van der Waals surface area contributed by atoms with E-state index in [1.165, 1.54) is 0 Å². The van der Waals surface area contributed by atoms with Gasteiger partial charge in [0, 0.05) is 23.8 Å². The number of hydrogen-bond donors (Lipinski definition) is 1. The Morgan fingerprint density at radius 2 is 2.12 bits per heavy atom. The molecule has 0 bridgehead atoms.